The molecule has 1 N–H and O–H groups in total. The van der Waals surface area contributed by atoms with Crippen LogP contribution in [0.3, 0.4) is 0 Å². The zero-order valence-electron chi connectivity index (χ0n) is 9.77. The van der Waals surface area contributed by atoms with E-state index in [9.17, 15) is 9.59 Å². The topological polar surface area (TPSA) is 88.3 Å². The standard InChI is InChI=1S/C10H14N4O3/c1-6-12-13-9(17-6)3-11-10(16)8-4-14(5-8)7(2)15/h8H,3-5H2,1-2H3,(H,11,16). The van der Waals surface area contributed by atoms with Crippen LogP contribution in [-0.4, -0.2) is 40.0 Å². The van der Waals surface area contributed by atoms with Crippen LogP contribution < -0.4 is 5.32 Å². The molecule has 2 amide bonds. The molecule has 1 saturated heterocycles. The number of amides is 2. The van der Waals surface area contributed by atoms with Crippen LogP contribution in [-0.2, 0) is 16.1 Å². The summed E-state index contributed by atoms with van der Waals surface area (Å²) in [5.41, 5.74) is 0. The molecule has 1 aliphatic heterocycles. The fourth-order valence-corrected chi connectivity index (χ4v) is 1.62. The first-order valence-electron chi connectivity index (χ1n) is 5.38. The van der Waals surface area contributed by atoms with Gasteiger partial charge in [0.2, 0.25) is 23.6 Å². The summed E-state index contributed by atoms with van der Waals surface area (Å²) < 4.78 is 5.12. The van der Waals surface area contributed by atoms with E-state index in [4.69, 9.17) is 4.42 Å². The van der Waals surface area contributed by atoms with Crippen LogP contribution >= 0.6 is 0 Å². The Morgan fingerprint density at radius 2 is 2.18 bits per heavy atom. The predicted molar refractivity (Wildman–Crippen MR) is 56.6 cm³/mol. The van der Waals surface area contributed by atoms with E-state index in [0.717, 1.165) is 0 Å². The summed E-state index contributed by atoms with van der Waals surface area (Å²) in [4.78, 5) is 24.2. The van der Waals surface area contributed by atoms with Crippen molar-refractivity contribution in [3.63, 3.8) is 0 Å². The molecule has 0 saturated carbocycles. The first-order valence-corrected chi connectivity index (χ1v) is 5.38. The number of nitrogens with zero attached hydrogens (tertiary/aromatic N) is 3. The lowest BCUT2D eigenvalue weighted by Crippen LogP contribution is -2.55. The molecule has 17 heavy (non-hydrogen) atoms. The average molecular weight is 238 g/mol. The second kappa shape index (κ2) is 4.52. The Morgan fingerprint density at radius 1 is 1.47 bits per heavy atom. The maximum Gasteiger partial charge on any atom is 0.235 e. The van der Waals surface area contributed by atoms with Gasteiger partial charge in [-0.2, -0.15) is 0 Å². The first-order chi connectivity index (χ1) is 8.06. The van der Waals surface area contributed by atoms with E-state index in [-0.39, 0.29) is 24.3 Å². The monoisotopic (exact) mass is 238 g/mol. The van der Waals surface area contributed by atoms with E-state index in [0.29, 0.717) is 24.9 Å². The Balaban J connectivity index is 1.74. The van der Waals surface area contributed by atoms with E-state index in [1.807, 2.05) is 0 Å². The molecule has 7 nitrogen and oxygen atoms in total. The minimum Gasteiger partial charge on any atom is -0.424 e. The lowest BCUT2D eigenvalue weighted by atomic mass is 9.99. The molecule has 92 valence electrons. The Morgan fingerprint density at radius 3 is 2.71 bits per heavy atom. The van der Waals surface area contributed by atoms with Gasteiger partial charge in [0.05, 0.1) is 12.5 Å². The molecule has 0 aromatic carbocycles. The van der Waals surface area contributed by atoms with Crippen LogP contribution in [0.2, 0.25) is 0 Å². The summed E-state index contributed by atoms with van der Waals surface area (Å²) in [5.74, 6) is 0.655. The molecule has 1 aromatic heterocycles. The third-order valence-electron chi connectivity index (χ3n) is 2.68. The van der Waals surface area contributed by atoms with Crippen molar-refractivity contribution in [2.45, 2.75) is 20.4 Å². The molecule has 1 fully saturated rings. The highest BCUT2D eigenvalue weighted by molar-refractivity contribution is 5.83. The summed E-state index contributed by atoms with van der Waals surface area (Å²) in [6, 6.07) is 0. The van der Waals surface area contributed by atoms with Gasteiger partial charge in [-0.25, -0.2) is 0 Å². The number of carbonyl (C=O) groups excluding carboxylic acids is 2. The third-order valence-corrected chi connectivity index (χ3v) is 2.68. The molecule has 2 rings (SSSR count). The van der Waals surface area contributed by atoms with Gasteiger partial charge in [0, 0.05) is 26.9 Å². The quantitative estimate of drug-likeness (QED) is 0.765. The largest absolute Gasteiger partial charge is 0.424 e. The van der Waals surface area contributed by atoms with Crippen LogP contribution in [0.1, 0.15) is 18.7 Å². The Kier molecular flexibility index (Phi) is 3.08. The smallest absolute Gasteiger partial charge is 0.235 e. The molecule has 0 radical (unpaired) electrons. The lowest BCUT2D eigenvalue weighted by Gasteiger charge is -2.37. The van der Waals surface area contributed by atoms with Gasteiger partial charge in [-0.3, -0.25) is 9.59 Å². The molecule has 7 heteroatoms. The van der Waals surface area contributed by atoms with Crippen LogP contribution in [0, 0.1) is 12.8 Å². The summed E-state index contributed by atoms with van der Waals surface area (Å²) >= 11 is 0. The van der Waals surface area contributed by atoms with Crippen molar-refractivity contribution in [1.29, 1.82) is 0 Å². The number of nitrogens with one attached hydrogen (secondary N) is 1. The van der Waals surface area contributed by atoms with Gasteiger partial charge < -0.3 is 14.6 Å². The maximum absolute atomic E-state index is 11.6. The maximum atomic E-state index is 11.6. The van der Waals surface area contributed by atoms with Gasteiger partial charge >= 0.3 is 0 Å². The molecule has 0 aliphatic carbocycles. The summed E-state index contributed by atoms with van der Waals surface area (Å²) in [6.07, 6.45) is 0. The SMILES string of the molecule is CC(=O)N1CC(C(=O)NCc2nnc(C)o2)C1. The Labute approximate surface area is 98.2 Å². The normalized spacial score (nSPS) is 15.5. The zero-order valence-corrected chi connectivity index (χ0v) is 9.77. The summed E-state index contributed by atoms with van der Waals surface area (Å²) in [6.45, 7) is 4.40. The second-order valence-electron chi connectivity index (χ2n) is 4.05. The minimum atomic E-state index is -0.122. The van der Waals surface area contributed by atoms with Crippen molar-refractivity contribution < 1.29 is 14.0 Å². The van der Waals surface area contributed by atoms with Gasteiger partial charge in [0.25, 0.3) is 0 Å². The van der Waals surface area contributed by atoms with Crippen LogP contribution in [0.15, 0.2) is 4.42 Å². The van der Waals surface area contributed by atoms with E-state index in [1.54, 1.807) is 11.8 Å². The number of carbonyl (C=O) groups is 2. The molecular weight excluding hydrogens is 224 g/mol. The van der Waals surface area contributed by atoms with E-state index in [2.05, 4.69) is 15.5 Å². The van der Waals surface area contributed by atoms with Crippen LogP contribution in [0.4, 0.5) is 0 Å². The average Bonchev–Trinajstić information content (AvgIpc) is 2.58. The molecule has 0 unspecified atom stereocenters. The molecule has 2 heterocycles. The van der Waals surface area contributed by atoms with Crippen LogP contribution in [0.25, 0.3) is 0 Å². The van der Waals surface area contributed by atoms with Gasteiger partial charge in [-0.05, 0) is 0 Å². The van der Waals surface area contributed by atoms with Crippen LogP contribution in [0.5, 0.6) is 0 Å². The van der Waals surface area contributed by atoms with Gasteiger partial charge in [-0.15, -0.1) is 10.2 Å². The fraction of sp³-hybridized carbons (Fsp3) is 0.600. The van der Waals surface area contributed by atoms with Crippen molar-refractivity contribution in [2.24, 2.45) is 5.92 Å². The lowest BCUT2D eigenvalue weighted by molar-refractivity contribution is -0.141. The first kappa shape index (κ1) is 11.6. The zero-order chi connectivity index (χ0) is 12.4. The van der Waals surface area contributed by atoms with Gasteiger partial charge in [0.15, 0.2) is 0 Å². The van der Waals surface area contributed by atoms with Gasteiger partial charge in [0.1, 0.15) is 0 Å². The number of aryl methyl sites for hydroxylation is 1. The summed E-state index contributed by atoms with van der Waals surface area (Å²) in [5, 5.41) is 10.1. The van der Waals surface area contributed by atoms with E-state index in [1.165, 1.54) is 6.92 Å². The number of hydrogen-bond acceptors (Lipinski definition) is 5. The van der Waals surface area contributed by atoms with Crippen molar-refractivity contribution in [2.75, 3.05) is 13.1 Å². The van der Waals surface area contributed by atoms with E-state index < -0.39 is 0 Å². The number of hydrogen-bond donors (Lipinski definition) is 1. The minimum absolute atomic E-state index is 0.00146. The molecule has 1 aromatic rings. The third kappa shape index (κ3) is 2.61. The van der Waals surface area contributed by atoms with Crippen molar-refractivity contribution in [3.8, 4) is 0 Å². The van der Waals surface area contributed by atoms with E-state index >= 15 is 0 Å². The Hall–Kier alpha value is -1.92. The number of aromatic nitrogens is 2. The highest BCUT2D eigenvalue weighted by Gasteiger charge is 2.33. The second-order valence-corrected chi connectivity index (χ2v) is 4.05. The highest BCUT2D eigenvalue weighted by Crippen LogP contribution is 2.15. The molecule has 0 spiro atoms. The highest BCUT2D eigenvalue weighted by atomic mass is 16.4. The summed E-state index contributed by atoms with van der Waals surface area (Å²) in [7, 11) is 0. The number of likely N-dealkylation sites (tertiary alicyclic amines) is 1. The number of rotatable bonds is 3. The Bertz CT molecular complexity index is 437. The van der Waals surface area contributed by atoms with Gasteiger partial charge in [-0.1, -0.05) is 0 Å². The predicted octanol–water partition coefficient (Wildman–Crippen LogP) is -0.527. The molecule has 0 atom stereocenters. The molecule has 0 bridgehead atoms. The van der Waals surface area contributed by atoms with Crippen molar-refractivity contribution >= 4 is 11.8 Å². The van der Waals surface area contributed by atoms with Crippen molar-refractivity contribution in [3.05, 3.63) is 11.8 Å². The fourth-order valence-electron chi connectivity index (χ4n) is 1.62. The van der Waals surface area contributed by atoms with Crippen molar-refractivity contribution in [1.82, 2.24) is 20.4 Å². The molecule has 1 aliphatic rings. The molecular formula is C10H14N4O3.